The predicted octanol–water partition coefficient (Wildman–Crippen LogP) is 3.23. The molecule has 6 heteroatoms. The lowest BCUT2D eigenvalue weighted by Crippen LogP contribution is -2.18. The third-order valence-electron chi connectivity index (χ3n) is 2.17. The molecule has 0 spiro atoms. The summed E-state index contributed by atoms with van der Waals surface area (Å²) in [4.78, 5) is 0. The molecule has 0 atom stereocenters. The second-order valence-electron chi connectivity index (χ2n) is 3.70. The SMILES string of the molecule is CCCS(=O)(=O)CCNc1cc(Cl)ccc1Cl. The molecule has 1 aromatic rings. The van der Waals surface area contributed by atoms with Crippen molar-refractivity contribution in [1.29, 1.82) is 0 Å². The van der Waals surface area contributed by atoms with Gasteiger partial charge in [-0.05, 0) is 24.6 Å². The molecule has 0 saturated heterocycles. The van der Waals surface area contributed by atoms with Gasteiger partial charge >= 0.3 is 0 Å². The summed E-state index contributed by atoms with van der Waals surface area (Å²) in [5, 5.41) is 4.07. The molecular weight excluding hydrogens is 281 g/mol. The van der Waals surface area contributed by atoms with Crippen LogP contribution in [-0.2, 0) is 9.84 Å². The summed E-state index contributed by atoms with van der Waals surface area (Å²) in [6.07, 6.45) is 0.639. The summed E-state index contributed by atoms with van der Waals surface area (Å²) >= 11 is 11.8. The maximum absolute atomic E-state index is 11.5. The van der Waals surface area contributed by atoms with Crippen LogP contribution in [0, 0.1) is 0 Å². The third kappa shape index (κ3) is 5.15. The van der Waals surface area contributed by atoms with Crippen LogP contribution in [0.2, 0.25) is 10.0 Å². The van der Waals surface area contributed by atoms with E-state index in [1.165, 1.54) is 0 Å². The summed E-state index contributed by atoms with van der Waals surface area (Å²) in [5.41, 5.74) is 0.658. The van der Waals surface area contributed by atoms with Crippen LogP contribution in [0.5, 0.6) is 0 Å². The van der Waals surface area contributed by atoms with Crippen LogP contribution < -0.4 is 5.32 Å². The number of rotatable bonds is 6. The lowest BCUT2D eigenvalue weighted by atomic mass is 10.3. The highest BCUT2D eigenvalue weighted by Crippen LogP contribution is 2.25. The fraction of sp³-hybridized carbons (Fsp3) is 0.455. The largest absolute Gasteiger partial charge is 0.383 e. The molecule has 0 fully saturated rings. The molecule has 0 heterocycles. The van der Waals surface area contributed by atoms with E-state index in [0.717, 1.165) is 0 Å². The minimum absolute atomic E-state index is 0.101. The first-order valence-electron chi connectivity index (χ1n) is 5.34. The van der Waals surface area contributed by atoms with E-state index < -0.39 is 9.84 Å². The van der Waals surface area contributed by atoms with Gasteiger partial charge in [-0.25, -0.2) is 8.42 Å². The van der Waals surface area contributed by atoms with E-state index in [1.54, 1.807) is 18.2 Å². The van der Waals surface area contributed by atoms with Gasteiger partial charge in [-0.2, -0.15) is 0 Å². The zero-order valence-electron chi connectivity index (χ0n) is 9.54. The Morgan fingerprint density at radius 1 is 1.24 bits per heavy atom. The number of hydrogen-bond acceptors (Lipinski definition) is 3. The van der Waals surface area contributed by atoms with Crippen LogP contribution in [0.3, 0.4) is 0 Å². The Labute approximate surface area is 112 Å². The van der Waals surface area contributed by atoms with Gasteiger partial charge in [0.2, 0.25) is 0 Å². The van der Waals surface area contributed by atoms with Crippen molar-refractivity contribution >= 4 is 38.7 Å². The van der Waals surface area contributed by atoms with Crippen LogP contribution in [0.4, 0.5) is 5.69 Å². The fourth-order valence-corrected chi connectivity index (χ4v) is 2.98. The monoisotopic (exact) mass is 295 g/mol. The molecule has 1 aromatic carbocycles. The highest BCUT2D eigenvalue weighted by atomic mass is 35.5. The predicted molar refractivity (Wildman–Crippen MR) is 73.9 cm³/mol. The van der Waals surface area contributed by atoms with Crippen molar-refractivity contribution < 1.29 is 8.42 Å². The summed E-state index contributed by atoms with van der Waals surface area (Å²) < 4.78 is 22.9. The van der Waals surface area contributed by atoms with Gasteiger partial charge in [-0.15, -0.1) is 0 Å². The lowest BCUT2D eigenvalue weighted by molar-refractivity contribution is 0.595. The first kappa shape index (κ1) is 14.6. The Hall–Kier alpha value is -0.450. The molecule has 1 N–H and O–H groups in total. The van der Waals surface area contributed by atoms with E-state index in [1.807, 2.05) is 6.92 Å². The van der Waals surface area contributed by atoms with Crippen molar-refractivity contribution in [3.05, 3.63) is 28.2 Å². The Morgan fingerprint density at radius 3 is 2.59 bits per heavy atom. The van der Waals surface area contributed by atoms with Gasteiger partial charge in [0.25, 0.3) is 0 Å². The number of sulfone groups is 1. The van der Waals surface area contributed by atoms with Gasteiger partial charge in [0, 0.05) is 17.3 Å². The van der Waals surface area contributed by atoms with Crippen LogP contribution in [0.25, 0.3) is 0 Å². The molecule has 0 radical (unpaired) electrons. The van der Waals surface area contributed by atoms with Gasteiger partial charge < -0.3 is 5.32 Å². The Morgan fingerprint density at radius 2 is 1.94 bits per heavy atom. The van der Waals surface area contributed by atoms with Crippen LogP contribution in [0.1, 0.15) is 13.3 Å². The quantitative estimate of drug-likeness (QED) is 0.876. The van der Waals surface area contributed by atoms with Crippen molar-refractivity contribution in [3.63, 3.8) is 0 Å². The second kappa shape index (κ2) is 6.47. The van der Waals surface area contributed by atoms with Gasteiger partial charge in [-0.3, -0.25) is 0 Å². The van der Waals surface area contributed by atoms with Gasteiger partial charge in [-0.1, -0.05) is 30.1 Å². The number of nitrogens with one attached hydrogen (secondary N) is 1. The molecule has 0 bridgehead atoms. The highest BCUT2D eigenvalue weighted by Gasteiger charge is 2.09. The highest BCUT2D eigenvalue weighted by molar-refractivity contribution is 7.91. The molecule has 0 saturated carbocycles. The second-order valence-corrected chi connectivity index (χ2v) is 6.85. The minimum atomic E-state index is -2.96. The minimum Gasteiger partial charge on any atom is -0.383 e. The van der Waals surface area contributed by atoms with Crippen LogP contribution >= 0.6 is 23.2 Å². The normalized spacial score (nSPS) is 11.5. The van der Waals surface area contributed by atoms with E-state index in [9.17, 15) is 8.42 Å². The Kier molecular flexibility index (Phi) is 5.56. The van der Waals surface area contributed by atoms with Crippen molar-refractivity contribution in [2.75, 3.05) is 23.4 Å². The summed E-state index contributed by atoms with van der Waals surface area (Å²) in [5.74, 6) is 0.321. The van der Waals surface area contributed by atoms with E-state index >= 15 is 0 Å². The Bertz CT molecular complexity index is 474. The molecule has 0 unspecified atom stereocenters. The zero-order chi connectivity index (χ0) is 12.9. The molecular formula is C11H15Cl2NO2S. The average molecular weight is 296 g/mol. The molecule has 0 aromatic heterocycles. The maximum atomic E-state index is 11.5. The number of anilines is 1. The summed E-state index contributed by atoms with van der Waals surface area (Å²) in [6.45, 7) is 2.18. The van der Waals surface area contributed by atoms with Crippen LogP contribution in [-0.4, -0.2) is 26.5 Å². The van der Waals surface area contributed by atoms with Crippen molar-refractivity contribution in [2.45, 2.75) is 13.3 Å². The molecule has 0 amide bonds. The zero-order valence-corrected chi connectivity index (χ0v) is 11.9. The van der Waals surface area contributed by atoms with Crippen molar-refractivity contribution in [3.8, 4) is 0 Å². The third-order valence-corrected chi connectivity index (χ3v) is 4.59. The molecule has 1 rings (SSSR count). The number of hydrogen-bond donors (Lipinski definition) is 1. The first-order chi connectivity index (χ1) is 7.94. The average Bonchev–Trinajstić information content (AvgIpc) is 2.23. The molecule has 3 nitrogen and oxygen atoms in total. The van der Waals surface area contributed by atoms with E-state index in [0.29, 0.717) is 28.7 Å². The molecule has 0 aliphatic heterocycles. The molecule has 0 aliphatic rings. The first-order valence-corrected chi connectivity index (χ1v) is 7.91. The summed E-state index contributed by atoms with van der Waals surface area (Å²) in [6, 6.07) is 5.03. The molecule has 17 heavy (non-hydrogen) atoms. The van der Waals surface area contributed by atoms with Crippen molar-refractivity contribution in [2.24, 2.45) is 0 Å². The number of benzene rings is 1. The van der Waals surface area contributed by atoms with Crippen molar-refractivity contribution in [1.82, 2.24) is 0 Å². The van der Waals surface area contributed by atoms with Gasteiger partial charge in [0.05, 0.1) is 16.5 Å². The number of halogens is 2. The van der Waals surface area contributed by atoms with E-state index in [-0.39, 0.29) is 11.5 Å². The van der Waals surface area contributed by atoms with E-state index in [4.69, 9.17) is 23.2 Å². The van der Waals surface area contributed by atoms with Gasteiger partial charge in [0.1, 0.15) is 0 Å². The van der Waals surface area contributed by atoms with Crippen LogP contribution in [0.15, 0.2) is 18.2 Å². The molecule has 0 aliphatic carbocycles. The van der Waals surface area contributed by atoms with E-state index in [2.05, 4.69) is 5.32 Å². The smallest absolute Gasteiger partial charge is 0.152 e. The summed E-state index contributed by atoms with van der Waals surface area (Å²) in [7, 11) is -2.96. The lowest BCUT2D eigenvalue weighted by Gasteiger charge is -2.08. The fourth-order valence-electron chi connectivity index (χ4n) is 1.39. The molecule has 96 valence electrons. The van der Waals surface area contributed by atoms with Gasteiger partial charge in [0.15, 0.2) is 9.84 Å². The maximum Gasteiger partial charge on any atom is 0.152 e. The topological polar surface area (TPSA) is 46.2 Å². The standard InChI is InChI=1S/C11H15Cl2NO2S/c1-2-6-17(15,16)7-5-14-11-8-9(12)3-4-10(11)13/h3-4,8,14H,2,5-7H2,1H3. The Balaban J connectivity index is 2.54.